The van der Waals surface area contributed by atoms with Gasteiger partial charge in [0.05, 0.1) is 18.8 Å². The Kier molecular flexibility index (Phi) is 2.34. The Labute approximate surface area is 64.1 Å². The van der Waals surface area contributed by atoms with E-state index in [4.69, 9.17) is 9.84 Å². The minimum absolute atomic E-state index is 0.338. The van der Waals surface area contributed by atoms with Crippen LogP contribution in [0.25, 0.3) is 0 Å². The monoisotopic (exact) mass is 160 g/mol. The number of carbonyl (C=O) groups is 1. The quantitative estimate of drug-likeness (QED) is 0.554. The van der Waals surface area contributed by atoms with Crippen LogP contribution in [0.2, 0.25) is 0 Å². The Morgan fingerprint density at radius 2 is 2.40 bits per heavy atom. The molecule has 1 heterocycles. The summed E-state index contributed by atoms with van der Waals surface area (Å²) in [5.41, 5.74) is 0.384. The number of rotatable bonds is 1. The number of ether oxygens (including phenoxy) is 1. The lowest BCUT2D eigenvalue weighted by Gasteiger charge is -2.13. The maximum absolute atomic E-state index is 10.4. The molecule has 1 rings (SSSR count). The molecule has 0 amide bonds. The predicted octanol–water partition coefficient (Wildman–Crippen LogP) is 0.675. The van der Waals surface area contributed by atoms with Gasteiger partial charge in [-0.25, -0.2) is 4.79 Å². The molecule has 0 fully saturated rings. The highest BCUT2D eigenvalue weighted by atomic mass is 32.1. The predicted molar refractivity (Wildman–Crippen MR) is 39.1 cm³/mol. The zero-order chi connectivity index (χ0) is 7.56. The summed E-state index contributed by atoms with van der Waals surface area (Å²) in [6, 6.07) is 0. The van der Waals surface area contributed by atoms with Gasteiger partial charge in [0.25, 0.3) is 0 Å². The highest BCUT2D eigenvalue weighted by Crippen LogP contribution is 2.17. The second kappa shape index (κ2) is 3.07. The van der Waals surface area contributed by atoms with Crippen LogP contribution in [0.3, 0.4) is 0 Å². The lowest BCUT2D eigenvalue weighted by molar-refractivity contribution is -0.133. The molecule has 10 heavy (non-hydrogen) atoms. The maximum Gasteiger partial charge on any atom is 0.332 e. The molecule has 0 aromatic rings. The van der Waals surface area contributed by atoms with Crippen molar-refractivity contribution in [3.63, 3.8) is 0 Å². The summed E-state index contributed by atoms with van der Waals surface area (Å²) in [5, 5.41) is 8.55. The second-order valence-corrected chi connectivity index (χ2v) is 2.57. The molecule has 0 saturated heterocycles. The fraction of sp³-hybridized carbons (Fsp3) is 0.500. The molecule has 1 aliphatic heterocycles. The Morgan fingerprint density at radius 3 is 2.80 bits per heavy atom. The van der Waals surface area contributed by atoms with Crippen molar-refractivity contribution in [2.75, 3.05) is 13.2 Å². The molecule has 1 N–H and O–H groups in total. The first-order chi connectivity index (χ1) is 4.72. The number of aliphatic carboxylic acids is 1. The smallest absolute Gasteiger partial charge is 0.332 e. The summed E-state index contributed by atoms with van der Waals surface area (Å²) in [6.45, 7) is 0.830. The van der Waals surface area contributed by atoms with Gasteiger partial charge in [0.2, 0.25) is 0 Å². The Morgan fingerprint density at radius 1 is 1.70 bits per heavy atom. The highest BCUT2D eigenvalue weighted by Gasteiger charge is 2.15. The number of hydrogen-bond donors (Lipinski definition) is 2. The van der Waals surface area contributed by atoms with Gasteiger partial charge < -0.3 is 9.84 Å². The maximum atomic E-state index is 10.4. The van der Waals surface area contributed by atoms with E-state index in [0.29, 0.717) is 30.1 Å². The molecule has 0 bridgehead atoms. The highest BCUT2D eigenvalue weighted by molar-refractivity contribution is 7.84. The lowest BCUT2D eigenvalue weighted by Crippen LogP contribution is -2.14. The zero-order valence-electron chi connectivity index (χ0n) is 5.33. The van der Waals surface area contributed by atoms with Crippen molar-refractivity contribution in [3.8, 4) is 0 Å². The third-order valence-corrected chi connectivity index (χ3v) is 1.74. The van der Waals surface area contributed by atoms with Gasteiger partial charge in [-0.05, 0) is 0 Å². The molecule has 0 radical (unpaired) electrons. The molecule has 1 aliphatic rings. The third-order valence-electron chi connectivity index (χ3n) is 1.34. The molecule has 0 aromatic carbocycles. The van der Waals surface area contributed by atoms with Crippen LogP contribution >= 0.6 is 12.6 Å². The van der Waals surface area contributed by atoms with E-state index in [-0.39, 0.29) is 0 Å². The standard InChI is InChI=1S/C6H8O3S/c7-6(8)4-1-2-9-3-5(4)10/h10H,1-3H2,(H,7,8). The molecule has 0 unspecified atom stereocenters. The van der Waals surface area contributed by atoms with Crippen LogP contribution in [0.5, 0.6) is 0 Å². The van der Waals surface area contributed by atoms with Crippen LogP contribution in [0.4, 0.5) is 0 Å². The van der Waals surface area contributed by atoms with Gasteiger partial charge in [-0.1, -0.05) is 0 Å². The number of thiol groups is 1. The van der Waals surface area contributed by atoms with Gasteiger partial charge >= 0.3 is 5.97 Å². The molecule has 56 valence electrons. The Balaban J connectivity index is 2.78. The average molecular weight is 160 g/mol. The van der Waals surface area contributed by atoms with Crippen molar-refractivity contribution in [1.82, 2.24) is 0 Å². The van der Waals surface area contributed by atoms with E-state index in [2.05, 4.69) is 12.6 Å². The fourth-order valence-electron chi connectivity index (χ4n) is 0.805. The van der Waals surface area contributed by atoms with E-state index in [1.807, 2.05) is 0 Å². The lowest BCUT2D eigenvalue weighted by atomic mass is 10.1. The van der Waals surface area contributed by atoms with Crippen molar-refractivity contribution in [3.05, 3.63) is 10.5 Å². The van der Waals surface area contributed by atoms with E-state index >= 15 is 0 Å². The third kappa shape index (κ3) is 1.52. The van der Waals surface area contributed by atoms with Crippen molar-refractivity contribution in [1.29, 1.82) is 0 Å². The molecule has 0 atom stereocenters. The first-order valence-electron chi connectivity index (χ1n) is 2.94. The first kappa shape index (κ1) is 7.63. The van der Waals surface area contributed by atoms with Gasteiger partial charge in [0.15, 0.2) is 0 Å². The molecule has 0 spiro atoms. The number of carboxylic acids is 1. The largest absolute Gasteiger partial charge is 0.478 e. The van der Waals surface area contributed by atoms with Gasteiger partial charge in [0, 0.05) is 11.3 Å². The van der Waals surface area contributed by atoms with Crippen LogP contribution in [-0.4, -0.2) is 24.3 Å². The molecule has 4 heteroatoms. The van der Waals surface area contributed by atoms with Gasteiger partial charge in [-0.15, -0.1) is 12.6 Å². The normalized spacial score (nSPS) is 19.3. The summed E-state index contributed by atoms with van der Waals surface area (Å²) in [4.78, 5) is 10.9. The van der Waals surface area contributed by atoms with Crippen LogP contribution in [0.15, 0.2) is 10.5 Å². The average Bonchev–Trinajstić information content (AvgIpc) is 1.88. The van der Waals surface area contributed by atoms with Crippen molar-refractivity contribution in [2.45, 2.75) is 6.42 Å². The molecular weight excluding hydrogens is 152 g/mol. The van der Waals surface area contributed by atoms with Crippen molar-refractivity contribution < 1.29 is 14.6 Å². The Hall–Kier alpha value is -0.480. The van der Waals surface area contributed by atoms with Gasteiger partial charge in [0.1, 0.15) is 0 Å². The SMILES string of the molecule is O=C(O)C1=C(S)COCC1. The summed E-state index contributed by atoms with van der Waals surface area (Å²) in [6.07, 6.45) is 0.466. The summed E-state index contributed by atoms with van der Waals surface area (Å²) >= 11 is 3.97. The van der Waals surface area contributed by atoms with Crippen LogP contribution in [0.1, 0.15) is 6.42 Å². The zero-order valence-corrected chi connectivity index (χ0v) is 6.23. The number of hydrogen-bond acceptors (Lipinski definition) is 3. The van der Waals surface area contributed by atoms with Crippen LogP contribution in [-0.2, 0) is 9.53 Å². The first-order valence-corrected chi connectivity index (χ1v) is 3.38. The number of carboxylic acid groups (broad SMARTS) is 1. The van der Waals surface area contributed by atoms with Crippen molar-refractivity contribution in [2.24, 2.45) is 0 Å². The summed E-state index contributed by atoms with van der Waals surface area (Å²) in [5.74, 6) is -0.881. The molecule has 0 aromatic heterocycles. The molecule has 0 aliphatic carbocycles. The topological polar surface area (TPSA) is 46.5 Å². The van der Waals surface area contributed by atoms with Crippen molar-refractivity contribution >= 4 is 18.6 Å². The van der Waals surface area contributed by atoms with Gasteiger partial charge in [-0.3, -0.25) is 0 Å². The summed E-state index contributed by atoms with van der Waals surface area (Å²) < 4.78 is 4.96. The van der Waals surface area contributed by atoms with E-state index < -0.39 is 5.97 Å². The van der Waals surface area contributed by atoms with E-state index in [1.54, 1.807) is 0 Å². The molecule has 3 nitrogen and oxygen atoms in total. The minimum atomic E-state index is -0.881. The van der Waals surface area contributed by atoms with Crippen LogP contribution < -0.4 is 0 Å². The van der Waals surface area contributed by atoms with Gasteiger partial charge in [-0.2, -0.15) is 0 Å². The fourth-order valence-corrected chi connectivity index (χ4v) is 1.10. The molecule has 0 saturated carbocycles. The minimum Gasteiger partial charge on any atom is -0.478 e. The second-order valence-electron chi connectivity index (χ2n) is 2.03. The van der Waals surface area contributed by atoms with Crippen LogP contribution in [0, 0.1) is 0 Å². The van der Waals surface area contributed by atoms with E-state index in [1.165, 1.54) is 0 Å². The summed E-state index contributed by atoms with van der Waals surface area (Å²) in [7, 11) is 0. The molecular formula is C6H8O3S. The Bertz CT molecular complexity index is 185. The van der Waals surface area contributed by atoms with E-state index in [9.17, 15) is 4.79 Å². The van der Waals surface area contributed by atoms with E-state index in [0.717, 1.165) is 0 Å².